The first-order chi connectivity index (χ1) is 16.9. The van der Waals surface area contributed by atoms with Crippen LogP contribution in [-0.4, -0.2) is 58.0 Å². The number of rotatable bonds is 9. The van der Waals surface area contributed by atoms with Crippen LogP contribution in [-0.2, 0) is 0 Å². The number of hydrogen-bond donors (Lipinski definition) is 1. The van der Waals surface area contributed by atoms with Crippen molar-refractivity contribution in [3.05, 3.63) is 69.8 Å². The van der Waals surface area contributed by atoms with Crippen molar-refractivity contribution in [2.45, 2.75) is 6.92 Å². The molecule has 0 saturated heterocycles. The molecule has 35 heavy (non-hydrogen) atoms. The van der Waals surface area contributed by atoms with E-state index in [2.05, 4.69) is 20.6 Å². The van der Waals surface area contributed by atoms with Gasteiger partial charge >= 0.3 is 0 Å². The number of nitrogens with zero attached hydrogens (tertiary/aromatic N) is 5. The summed E-state index contributed by atoms with van der Waals surface area (Å²) in [6, 6.07) is 13.0. The normalized spacial score (nSPS) is 10.7. The molecule has 0 atom stereocenters. The Morgan fingerprint density at radius 3 is 2.69 bits per heavy atom. The molecule has 0 aliphatic heterocycles. The first-order valence-corrected chi connectivity index (χ1v) is 10.5. The molecule has 12 nitrogen and oxygen atoms in total. The van der Waals surface area contributed by atoms with Crippen LogP contribution in [0.2, 0.25) is 0 Å². The smallest absolute Gasteiger partial charge is 0.273 e. The topological polar surface area (TPSA) is 143 Å². The molecule has 4 aromatic rings. The Kier molecular flexibility index (Phi) is 6.71. The lowest BCUT2D eigenvalue weighted by atomic mass is 10.1. The van der Waals surface area contributed by atoms with E-state index in [0.29, 0.717) is 40.0 Å². The summed E-state index contributed by atoms with van der Waals surface area (Å²) in [7, 11) is 3.12. The summed E-state index contributed by atoms with van der Waals surface area (Å²) < 4.78 is 18.0. The maximum Gasteiger partial charge on any atom is 0.273 e. The molecular formula is C23H22N6O6. The lowest BCUT2D eigenvalue weighted by Crippen LogP contribution is -2.29. The number of hydrogen-bond acceptors (Lipinski definition) is 9. The molecule has 1 N–H and O–H groups in total. The number of nitrogens with one attached hydrogen (secondary N) is 1. The third-order valence-electron chi connectivity index (χ3n) is 5.27. The molecule has 0 unspecified atom stereocenters. The Hall–Kier alpha value is -4.74. The van der Waals surface area contributed by atoms with Crippen molar-refractivity contribution in [2.24, 2.45) is 0 Å². The minimum absolute atomic E-state index is 0.108. The van der Waals surface area contributed by atoms with Crippen LogP contribution in [0.5, 0.6) is 17.4 Å². The number of ether oxygens (including phenoxy) is 3. The van der Waals surface area contributed by atoms with Gasteiger partial charge in [0.25, 0.3) is 11.6 Å². The van der Waals surface area contributed by atoms with E-state index in [4.69, 9.17) is 14.2 Å². The van der Waals surface area contributed by atoms with Crippen molar-refractivity contribution >= 4 is 17.2 Å². The number of benzene rings is 2. The summed E-state index contributed by atoms with van der Waals surface area (Å²) >= 11 is 0. The predicted molar refractivity (Wildman–Crippen MR) is 125 cm³/mol. The monoisotopic (exact) mass is 478 g/mol. The average molecular weight is 478 g/mol. The van der Waals surface area contributed by atoms with Crippen LogP contribution in [0.25, 0.3) is 17.0 Å². The molecule has 2 aromatic carbocycles. The molecule has 0 spiro atoms. The van der Waals surface area contributed by atoms with Gasteiger partial charge in [0.05, 0.1) is 31.3 Å². The molecule has 0 fully saturated rings. The average Bonchev–Trinajstić information content (AvgIpc) is 3.29. The minimum atomic E-state index is -0.516. The highest BCUT2D eigenvalue weighted by Crippen LogP contribution is 2.32. The van der Waals surface area contributed by atoms with Crippen LogP contribution < -0.4 is 19.5 Å². The van der Waals surface area contributed by atoms with Gasteiger partial charge in [0, 0.05) is 23.3 Å². The van der Waals surface area contributed by atoms with Gasteiger partial charge in [-0.1, -0.05) is 6.07 Å². The van der Waals surface area contributed by atoms with Crippen molar-refractivity contribution < 1.29 is 23.9 Å². The van der Waals surface area contributed by atoms with Gasteiger partial charge in [-0.3, -0.25) is 14.9 Å². The zero-order chi connectivity index (χ0) is 24.9. The lowest BCUT2D eigenvalue weighted by Gasteiger charge is -2.10. The van der Waals surface area contributed by atoms with E-state index in [1.54, 1.807) is 44.6 Å². The highest BCUT2D eigenvalue weighted by molar-refractivity contribution is 5.96. The molecule has 0 radical (unpaired) electrons. The van der Waals surface area contributed by atoms with Crippen molar-refractivity contribution in [1.82, 2.24) is 25.1 Å². The molecule has 2 heterocycles. The molecule has 1 amide bonds. The third-order valence-corrected chi connectivity index (χ3v) is 5.27. The van der Waals surface area contributed by atoms with Crippen LogP contribution >= 0.6 is 0 Å². The standard InChI is InChI=1S/C23H22N6O6/c1-14-16(5-4-6-18(14)29(31)32)23(30)24-11-12-35-21-10-9-20-25-26-22(28(20)27-21)17-13-15(33-2)7-8-19(17)34-3/h4-10,13H,11-12H2,1-3H3,(H,24,30). The molecule has 0 bridgehead atoms. The van der Waals surface area contributed by atoms with Gasteiger partial charge < -0.3 is 19.5 Å². The van der Waals surface area contributed by atoms with Crippen LogP contribution in [0.4, 0.5) is 5.69 Å². The van der Waals surface area contributed by atoms with Gasteiger partial charge in [0.1, 0.15) is 18.1 Å². The summed E-state index contributed by atoms with van der Waals surface area (Å²) in [6.07, 6.45) is 0. The maximum absolute atomic E-state index is 12.5. The van der Waals surface area contributed by atoms with Gasteiger partial charge in [0.15, 0.2) is 11.5 Å². The van der Waals surface area contributed by atoms with E-state index < -0.39 is 10.8 Å². The number of fused-ring (bicyclic) bond motifs is 1. The van der Waals surface area contributed by atoms with Gasteiger partial charge in [-0.2, -0.15) is 4.52 Å². The zero-order valence-corrected chi connectivity index (χ0v) is 19.2. The second-order valence-corrected chi connectivity index (χ2v) is 7.34. The molecule has 4 rings (SSSR count). The fraction of sp³-hybridized carbons (Fsp3) is 0.217. The predicted octanol–water partition coefficient (Wildman–Crippen LogP) is 2.83. The molecule has 2 aromatic heterocycles. The quantitative estimate of drug-likeness (QED) is 0.218. The fourth-order valence-electron chi connectivity index (χ4n) is 3.49. The summed E-state index contributed by atoms with van der Waals surface area (Å²) in [4.78, 5) is 23.0. The number of nitro groups is 1. The summed E-state index contributed by atoms with van der Waals surface area (Å²) in [5, 5.41) is 26.6. The second-order valence-electron chi connectivity index (χ2n) is 7.34. The molecule has 0 aliphatic carbocycles. The Morgan fingerprint density at radius 2 is 1.94 bits per heavy atom. The van der Waals surface area contributed by atoms with Crippen LogP contribution in [0, 0.1) is 17.0 Å². The maximum atomic E-state index is 12.5. The third kappa shape index (κ3) is 4.81. The Morgan fingerprint density at radius 1 is 1.11 bits per heavy atom. The van der Waals surface area contributed by atoms with Crippen molar-refractivity contribution in [3.63, 3.8) is 0 Å². The summed E-state index contributed by atoms with van der Waals surface area (Å²) in [5.74, 6) is 1.51. The van der Waals surface area contributed by atoms with Gasteiger partial charge in [-0.05, 0) is 37.3 Å². The first-order valence-electron chi connectivity index (χ1n) is 10.5. The van der Waals surface area contributed by atoms with Crippen molar-refractivity contribution in [1.29, 1.82) is 0 Å². The molecule has 0 saturated carbocycles. The van der Waals surface area contributed by atoms with Crippen LogP contribution in [0.3, 0.4) is 0 Å². The minimum Gasteiger partial charge on any atom is -0.497 e. The van der Waals surface area contributed by atoms with E-state index in [1.807, 2.05) is 0 Å². The number of amides is 1. The largest absolute Gasteiger partial charge is 0.497 e. The number of methoxy groups -OCH3 is 2. The second kappa shape index (κ2) is 10.0. The van der Waals surface area contributed by atoms with Gasteiger partial charge in [-0.15, -0.1) is 15.3 Å². The van der Waals surface area contributed by atoms with E-state index in [-0.39, 0.29) is 24.4 Å². The first kappa shape index (κ1) is 23.4. The van der Waals surface area contributed by atoms with E-state index in [1.165, 1.54) is 29.6 Å². The number of carbonyl (C=O) groups is 1. The fourth-order valence-corrected chi connectivity index (χ4v) is 3.49. The number of carbonyl (C=O) groups excluding carboxylic acids is 1. The lowest BCUT2D eigenvalue weighted by molar-refractivity contribution is -0.385. The highest BCUT2D eigenvalue weighted by Gasteiger charge is 2.18. The number of nitro benzene ring substituents is 1. The van der Waals surface area contributed by atoms with Crippen molar-refractivity contribution in [3.8, 4) is 28.8 Å². The van der Waals surface area contributed by atoms with E-state index in [9.17, 15) is 14.9 Å². The Balaban J connectivity index is 1.46. The molecule has 0 aliphatic rings. The van der Waals surface area contributed by atoms with Crippen LogP contribution in [0.15, 0.2) is 48.5 Å². The summed E-state index contributed by atoms with van der Waals surface area (Å²) in [6.45, 7) is 1.83. The number of aromatic nitrogens is 4. The molecule has 12 heteroatoms. The van der Waals surface area contributed by atoms with E-state index >= 15 is 0 Å². The SMILES string of the molecule is COc1ccc(OC)c(-c2nnc3ccc(OCCNC(=O)c4cccc([N+](=O)[O-])c4C)nn23)c1. The zero-order valence-electron chi connectivity index (χ0n) is 19.2. The van der Waals surface area contributed by atoms with Crippen molar-refractivity contribution in [2.75, 3.05) is 27.4 Å². The van der Waals surface area contributed by atoms with E-state index in [0.717, 1.165) is 0 Å². The van der Waals surface area contributed by atoms with Crippen LogP contribution in [0.1, 0.15) is 15.9 Å². The molecular weight excluding hydrogens is 456 g/mol. The summed E-state index contributed by atoms with van der Waals surface area (Å²) in [5.41, 5.74) is 1.58. The molecule has 180 valence electrons. The Labute approximate surface area is 199 Å². The highest BCUT2D eigenvalue weighted by atomic mass is 16.6. The Bertz CT molecular complexity index is 1400. The van der Waals surface area contributed by atoms with Gasteiger partial charge in [-0.25, -0.2) is 0 Å². The van der Waals surface area contributed by atoms with Gasteiger partial charge in [0.2, 0.25) is 5.88 Å².